The number of carbonyl (C=O) groups excluding carboxylic acids is 2. The van der Waals surface area contributed by atoms with E-state index >= 15 is 0 Å². The van der Waals surface area contributed by atoms with Gasteiger partial charge < -0.3 is 15.1 Å². The molecule has 0 heterocycles. The molecule has 3 aromatic carbocycles. The second-order valence-corrected chi connectivity index (χ2v) is 9.11. The van der Waals surface area contributed by atoms with E-state index in [9.17, 15) is 9.59 Å². The molecule has 0 aliphatic heterocycles. The fraction of sp³-hybridized carbons (Fsp3) is 0.259. The van der Waals surface area contributed by atoms with Gasteiger partial charge in [-0.05, 0) is 67.8 Å². The average molecular weight is 462 g/mol. The van der Waals surface area contributed by atoms with Crippen LogP contribution in [0.3, 0.4) is 0 Å². The third-order valence-electron chi connectivity index (χ3n) is 5.79. The molecule has 0 bridgehead atoms. The van der Waals surface area contributed by atoms with Crippen LogP contribution in [0.1, 0.15) is 44.7 Å². The van der Waals surface area contributed by atoms with Crippen LogP contribution in [0.5, 0.6) is 0 Å². The first-order valence-electron chi connectivity index (χ1n) is 11.1. The summed E-state index contributed by atoms with van der Waals surface area (Å²) in [4.78, 5) is 30.1. The number of halogens is 1. The molecule has 6 heteroatoms. The Bertz CT molecular complexity index is 1190. The van der Waals surface area contributed by atoms with Crippen LogP contribution >= 0.6 is 11.6 Å². The molecule has 1 saturated carbocycles. The summed E-state index contributed by atoms with van der Waals surface area (Å²) in [5.74, 6) is -0.226. The monoisotopic (exact) mass is 461 g/mol. The quantitative estimate of drug-likeness (QED) is 0.485. The van der Waals surface area contributed by atoms with Crippen molar-refractivity contribution in [3.8, 4) is 0 Å². The van der Waals surface area contributed by atoms with Gasteiger partial charge in [-0.2, -0.15) is 0 Å². The Morgan fingerprint density at radius 3 is 2.42 bits per heavy atom. The van der Waals surface area contributed by atoms with Crippen molar-refractivity contribution in [2.75, 3.05) is 24.3 Å². The van der Waals surface area contributed by atoms with Gasteiger partial charge in [0.15, 0.2) is 0 Å². The maximum absolute atomic E-state index is 13.4. The van der Waals surface area contributed by atoms with Crippen molar-refractivity contribution in [2.45, 2.75) is 32.4 Å². The lowest BCUT2D eigenvalue weighted by atomic mass is 10.1. The SMILES string of the molecule is Cc1cccc(C(=O)N(Cc2cc(NC(=O)c3ccccc3Cl)ccc2N(C)C)C2CC2)c1. The van der Waals surface area contributed by atoms with E-state index in [2.05, 4.69) is 5.32 Å². The van der Waals surface area contributed by atoms with Crippen molar-refractivity contribution in [1.29, 1.82) is 0 Å². The second-order valence-electron chi connectivity index (χ2n) is 8.71. The van der Waals surface area contributed by atoms with E-state index in [1.165, 1.54) is 0 Å². The van der Waals surface area contributed by atoms with E-state index in [1.54, 1.807) is 24.3 Å². The van der Waals surface area contributed by atoms with Gasteiger partial charge in [-0.25, -0.2) is 0 Å². The average Bonchev–Trinajstić information content (AvgIpc) is 3.62. The predicted molar refractivity (Wildman–Crippen MR) is 134 cm³/mol. The van der Waals surface area contributed by atoms with Gasteiger partial charge in [0.1, 0.15) is 0 Å². The lowest BCUT2D eigenvalue weighted by Gasteiger charge is -2.26. The Labute approximate surface area is 200 Å². The van der Waals surface area contributed by atoms with E-state index < -0.39 is 0 Å². The molecular weight excluding hydrogens is 434 g/mol. The fourth-order valence-electron chi connectivity index (χ4n) is 3.95. The Kier molecular flexibility index (Phi) is 6.70. The van der Waals surface area contributed by atoms with Crippen LogP contribution in [0.4, 0.5) is 11.4 Å². The zero-order valence-corrected chi connectivity index (χ0v) is 19.9. The first-order valence-corrected chi connectivity index (χ1v) is 11.4. The maximum atomic E-state index is 13.4. The van der Waals surface area contributed by atoms with E-state index in [0.29, 0.717) is 28.4 Å². The molecule has 4 rings (SSSR count). The Hall–Kier alpha value is -3.31. The molecule has 0 aromatic heterocycles. The van der Waals surface area contributed by atoms with Gasteiger partial charge in [0.05, 0.1) is 10.6 Å². The summed E-state index contributed by atoms with van der Waals surface area (Å²) in [6.07, 6.45) is 2.02. The van der Waals surface area contributed by atoms with Crippen molar-refractivity contribution in [3.05, 3.63) is 94.0 Å². The van der Waals surface area contributed by atoms with Gasteiger partial charge in [0.2, 0.25) is 0 Å². The molecule has 0 unspecified atom stereocenters. The summed E-state index contributed by atoms with van der Waals surface area (Å²) in [6, 6.07) is 20.7. The summed E-state index contributed by atoms with van der Waals surface area (Å²) in [5.41, 5.74) is 4.84. The van der Waals surface area contributed by atoms with Crippen LogP contribution in [0, 0.1) is 6.92 Å². The molecule has 0 atom stereocenters. The molecule has 33 heavy (non-hydrogen) atoms. The Morgan fingerprint density at radius 1 is 1.00 bits per heavy atom. The number of rotatable bonds is 7. The predicted octanol–water partition coefficient (Wildman–Crippen LogP) is 5.77. The molecule has 1 N–H and O–H groups in total. The lowest BCUT2D eigenvalue weighted by molar-refractivity contribution is 0.0730. The van der Waals surface area contributed by atoms with E-state index in [4.69, 9.17) is 11.6 Å². The molecule has 2 amide bonds. The standard InChI is InChI=1S/C27H28ClN3O2/c1-18-7-6-8-19(15-18)27(33)31(22-12-13-22)17-20-16-21(11-14-25(20)30(2)3)29-26(32)23-9-4-5-10-24(23)28/h4-11,14-16,22H,12-13,17H2,1-3H3,(H,29,32). The summed E-state index contributed by atoms with van der Waals surface area (Å²) in [7, 11) is 3.95. The molecule has 170 valence electrons. The molecule has 5 nitrogen and oxygen atoms in total. The third-order valence-corrected chi connectivity index (χ3v) is 6.12. The number of carbonyl (C=O) groups is 2. The van der Waals surface area contributed by atoms with Crippen LogP contribution in [0.25, 0.3) is 0 Å². The number of hydrogen-bond donors (Lipinski definition) is 1. The van der Waals surface area contributed by atoms with Gasteiger partial charge >= 0.3 is 0 Å². The van der Waals surface area contributed by atoms with Crippen molar-refractivity contribution in [1.82, 2.24) is 4.90 Å². The number of benzene rings is 3. The Morgan fingerprint density at radius 2 is 1.76 bits per heavy atom. The topological polar surface area (TPSA) is 52.7 Å². The van der Waals surface area contributed by atoms with Gasteiger partial charge in [-0.3, -0.25) is 9.59 Å². The highest BCUT2D eigenvalue weighted by molar-refractivity contribution is 6.34. The molecule has 1 fully saturated rings. The smallest absolute Gasteiger partial charge is 0.257 e. The number of nitrogens with one attached hydrogen (secondary N) is 1. The number of anilines is 2. The highest BCUT2D eigenvalue weighted by Gasteiger charge is 2.33. The zero-order valence-electron chi connectivity index (χ0n) is 19.1. The number of nitrogens with zero attached hydrogens (tertiary/aromatic N) is 2. The molecule has 0 spiro atoms. The van der Waals surface area contributed by atoms with Gasteiger partial charge in [0.25, 0.3) is 11.8 Å². The summed E-state index contributed by atoms with van der Waals surface area (Å²) in [6.45, 7) is 2.47. The minimum atomic E-state index is -0.265. The number of aryl methyl sites for hydroxylation is 1. The fourth-order valence-corrected chi connectivity index (χ4v) is 4.17. The van der Waals surface area contributed by atoms with Crippen molar-refractivity contribution in [3.63, 3.8) is 0 Å². The summed E-state index contributed by atoms with van der Waals surface area (Å²) < 4.78 is 0. The molecule has 0 saturated heterocycles. The van der Waals surface area contributed by atoms with Crippen molar-refractivity contribution in [2.24, 2.45) is 0 Å². The van der Waals surface area contributed by atoms with Crippen LogP contribution in [-0.2, 0) is 6.54 Å². The minimum absolute atomic E-state index is 0.0383. The maximum Gasteiger partial charge on any atom is 0.257 e. The summed E-state index contributed by atoms with van der Waals surface area (Å²) >= 11 is 6.19. The molecule has 3 aromatic rings. The van der Waals surface area contributed by atoms with Crippen LogP contribution < -0.4 is 10.2 Å². The number of amides is 2. The third kappa shape index (κ3) is 5.37. The van der Waals surface area contributed by atoms with Crippen molar-refractivity contribution >= 4 is 34.8 Å². The highest BCUT2D eigenvalue weighted by atomic mass is 35.5. The van der Waals surface area contributed by atoms with Gasteiger partial charge in [-0.15, -0.1) is 0 Å². The second kappa shape index (κ2) is 9.67. The minimum Gasteiger partial charge on any atom is -0.377 e. The highest BCUT2D eigenvalue weighted by Crippen LogP contribution is 2.33. The van der Waals surface area contributed by atoms with Crippen LogP contribution in [0.15, 0.2) is 66.7 Å². The van der Waals surface area contributed by atoms with Crippen LogP contribution in [-0.4, -0.2) is 36.9 Å². The molecular formula is C27H28ClN3O2. The summed E-state index contributed by atoms with van der Waals surface area (Å²) in [5, 5.41) is 3.35. The molecule has 1 aliphatic carbocycles. The van der Waals surface area contributed by atoms with Gasteiger partial charge in [-0.1, -0.05) is 41.4 Å². The first kappa shape index (κ1) is 22.9. The molecule has 0 radical (unpaired) electrons. The molecule has 1 aliphatic rings. The Balaban J connectivity index is 1.61. The van der Waals surface area contributed by atoms with E-state index in [-0.39, 0.29) is 17.9 Å². The largest absolute Gasteiger partial charge is 0.377 e. The van der Waals surface area contributed by atoms with Crippen LogP contribution in [0.2, 0.25) is 5.02 Å². The first-order chi connectivity index (χ1) is 15.8. The van der Waals surface area contributed by atoms with E-state index in [0.717, 1.165) is 29.7 Å². The van der Waals surface area contributed by atoms with E-state index in [1.807, 2.05) is 73.3 Å². The van der Waals surface area contributed by atoms with Gasteiger partial charge in [0, 0.05) is 43.6 Å². The van der Waals surface area contributed by atoms with Crippen molar-refractivity contribution < 1.29 is 9.59 Å². The number of hydrogen-bond acceptors (Lipinski definition) is 3. The zero-order chi connectivity index (χ0) is 23.5. The lowest BCUT2D eigenvalue weighted by Crippen LogP contribution is -2.33. The normalized spacial score (nSPS) is 12.8.